The molecular weight excluding hydrogens is 324 g/mol. The van der Waals surface area contributed by atoms with Crippen LogP contribution in [0.4, 0.5) is 0 Å². The van der Waals surface area contributed by atoms with Gasteiger partial charge in [-0.15, -0.1) is 11.8 Å². The first-order valence-electron chi connectivity index (χ1n) is 7.53. The molecule has 0 radical (unpaired) electrons. The molecule has 2 N–H and O–H groups in total. The van der Waals surface area contributed by atoms with Gasteiger partial charge in [-0.05, 0) is 29.3 Å². The Kier molecular flexibility index (Phi) is 4.76. The highest BCUT2D eigenvalue weighted by atomic mass is 32.2. The van der Waals surface area contributed by atoms with Crippen LogP contribution in [0.15, 0.2) is 48.5 Å². The number of methoxy groups -OCH3 is 1. The van der Waals surface area contributed by atoms with Gasteiger partial charge in [0.25, 0.3) is 5.91 Å². The van der Waals surface area contributed by atoms with Gasteiger partial charge >= 0.3 is 0 Å². The minimum Gasteiger partial charge on any atom is -0.497 e. The maximum absolute atomic E-state index is 13.0. The number of ether oxygens (including phenoxy) is 1. The lowest BCUT2D eigenvalue weighted by atomic mass is 9.98. The summed E-state index contributed by atoms with van der Waals surface area (Å²) in [5.74, 6) is 1.09. The Bertz CT molecular complexity index is 778. The lowest BCUT2D eigenvalue weighted by molar-refractivity contribution is -0.121. The highest BCUT2D eigenvalue weighted by molar-refractivity contribution is 7.99. The topological polar surface area (TPSA) is 72.6 Å². The van der Waals surface area contributed by atoms with Crippen molar-refractivity contribution in [1.29, 1.82) is 0 Å². The molecule has 1 fully saturated rings. The number of nitrogens with zero attached hydrogens (tertiary/aromatic N) is 1. The summed E-state index contributed by atoms with van der Waals surface area (Å²) in [5.41, 5.74) is 7.68. The standard InChI is InChI=1S/C18H18N2O3S/c1-23-13-6-4-5-12(9-13)14-7-2-3-8-15(14)18(22)20-11-24-10-16(20)17(19)21/h2-9,16H,10-11H2,1H3,(H2,19,21)/t16-/m0/s1. The molecule has 6 heteroatoms. The Morgan fingerprint density at radius 2 is 2.00 bits per heavy atom. The third kappa shape index (κ3) is 3.10. The molecule has 24 heavy (non-hydrogen) atoms. The fraction of sp³-hybridized carbons (Fsp3) is 0.222. The van der Waals surface area contributed by atoms with E-state index in [0.29, 0.717) is 17.2 Å². The number of hydrogen-bond donors (Lipinski definition) is 1. The van der Waals surface area contributed by atoms with Crippen LogP contribution in [-0.4, -0.2) is 41.5 Å². The predicted molar refractivity (Wildman–Crippen MR) is 94.9 cm³/mol. The average Bonchev–Trinajstić information content (AvgIpc) is 3.11. The third-order valence-corrected chi connectivity index (χ3v) is 5.02. The molecule has 5 nitrogen and oxygen atoms in total. The van der Waals surface area contributed by atoms with Gasteiger partial charge in [0.1, 0.15) is 11.8 Å². The van der Waals surface area contributed by atoms with E-state index in [-0.39, 0.29) is 5.91 Å². The van der Waals surface area contributed by atoms with E-state index < -0.39 is 11.9 Å². The number of amides is 2. The smallest absolute Gasteiger partial charge is 0.255 e. The van der Waals surface area contributed by atoms with E-state index in [4.69, 9.17) is 10.5 Å². The van der Waals surface area contributed by atoms with E-state index in [9.17, 15) is 9.59 Å². The molecule has 1 aliphatic rings. The molecule has 1 heterocycles. The number of carbonyl (C=O) groups excluding carboxylic acids is 2. The fourth-order valence-electron chi connectivity index (χ4n) is 2.75. The van der Waals surface area contributed by atoms with E-state index >= 15 is 0 Å². The van der Waals surface area contributed by atoms with Crippen molar-refractivity contribution in [3.8, 4) is 16.9 Å². The van der Waals surface area contributed by atoms with Crippen LogP contribution in [0.2, 0.25) is 0 Å². The number of rotatable bonds is 4. The van der Waals surface area contributed by atoms with Crippen molar-refractivity contribution in [2.75, 3.05) is 18.7 Å². The van der Waals surface area contributed by atoms with Crippen LogP contribution in [0, 0.1) is 0 Å². The van der Waals surface area contributed by atoms with E-state index in [1.807, 2.05) is 42.5 Å². The number of primary amides is 1. The van der Waals surface area contributed by atoms with Gasteiger partial charge in [0.15, 0.2) is 0 Å². The van der Waals surface area contributed by atoms with Crippen LogP contribution >= 0.6 is 11.8 Å². The molecule has 2 aromatic rings. The highest BCUT2D eigenvalue weighted by Crippen LogP contribution is 2.30. The van der Waals surface area contributed by atoms with Crippen molar-refractivity contribution in [2.45, 2.75) is 6.04 Å². The monoisotopic (exact) mass is 342 g/mol. The Hall–Kier alpha value is -2.47. The quantitative estimate of drug-likeness (QED) is 0.926. The molecule has 0 saturated carbocycles. The van der Waals surface area contributed by atoms with E-state index in [1.165, 1.54) is 11.8 Å². The van der Waals surface area contributed by atoms with E-state index in [2.05, 4.69) is 0 Å². The minimum atomic E-state index is -0.555. The molecule has 1 atom stereocenters. The lowest BCUT2D eigenvalue weighted by Crippen LogP contribution is -2.45. The molecule has 0 aromatic heterocycles. The van der Waals surface area contributed by atoms with Crippen molar-refractivity contribution in [2.24, 2.45) is 5.73 Å². The summed E-state index contributed by atoms with van der Waals surface area (Å²) in [6.45, 7) is 0. The van der Waals surface area contributed by atoms with Crippen LogP contribution in [0.25, 0.3) is 11.1 Å². The molecule has 0 unspecified atom stereocenters. The third-order valence-electron chi connectivity index (χ3n) is 4.01. The van der Waals surface area contributed by atoms with Crippen molar-refractivity contribution < 1.29 is 14.3 Å². The van der Waals surface area contributed by atoms with Crippen LogP contribution in [-0.2, 0) is 4.79 Å². The number of benzene rings is 2. The molecule has 0 spiro atoms. The average molecular weight is 342 g/mol. The van der Waals surface area contributed by atoms with Crippen molar-refractivity contribution in [3.05, 3.63) is 54.1 Å². The van der Waals surface area contributed by atoms with Gasteiger partial charge in [-0.25, -0.2) is 0 Å². The zero-order valence-electron chi connectivity index (χ0n) is 13.3. The first kappa shape index (κ1) is 16.4. The van der Waals surface area contributed by atoms with Gasteiger partial charge in [-0.2, -0.15) is 0 Å². The normalized spacial score (nSPS) is 16.9. The van der Waals surface area contributed by atoms with Gasteiger partial charge in [-0.1, -0.05) is 30.3 Å². The molecule has 0 bridgehead atoms. The SMILES string of the molecule is COc1cccc(-c2ccccc2C(=O)N2CSC[C@H]2C(N)=O)c1. The molecule has 1 saturated heterocycles. The first-order valence-corrected chi connectivity index (χ1v) is 8.69. The number of carbonyl (C=O) groups is 2. The molecule has 2 amide bonds. The van der Waals surface area contributed by atoms with Crippen LogP contribution < -0.4 is 10.5 Å². The zero-order valence-corrected chi connectivity index (χ0v) is 14.1. The van der Waals surface area contributed by atoms with Gasteiger partial charge in [0.05, 0.1) is 13.0 Å². The molecule has 0 aliphatic carbocycles. The maximum atomic E-state index is 13.0. The molecule has 124 valence electrons. The predicted octanol–water partition coefficient (Wildman–Crippen LogP) is 2.36. The first-order chi connectivity index (χ1) is 11.6. The molecule has 3 rings (SSSR count). The Morgan fingerprint density at radius 3 is 2.75 bits per heavy atom. The Morgan fingerprint density at radius 1 is 1.21 bits per heavy atom. The van der Waals surface area contributed by atoms with Gasteiger partial charge in [-0.3, -0.25) is 9.59 Å². The lowest BCUT2D eigenvalue weighted by Gasteiger charge is -2.22. The van der Waals surface area contributed by atoms with Gasteiger partial charge < -0.3 is 15.4 Å². The maximum Gasteiger partial charge on any atom is 0.255 e. The zero-order chi connectivity index (χ0) is 17.1. The fourth-order valence-corrected chi connectivity index (χ4v) is 3.91. The Labute approximate surface area is 144 Å². The summed E-state index contributed by atoms with van der Waals surface area (Å²) in [7, 11) is 1.61. The second-order valence-corrected chi connectivity index (χ2v) is 6.47. The number of nitrogens with two attached hydrogens (primary N) is 1. The summed E-state index contributed by atoms with van der Waals surface area (Å²) in [5, 5.41) is 0. The summed E-state index contributed by atoms with van der Waals surface area (Å²) in [6.07, 6.45) is 0. The Balaban J connectivity index is 2.00. The summed E-state index contributed by atoms with van der Waals surface area (Å²) in [6, 6.07) is 14.4. The van der Waals surface area contributed by atoms with Gasteiger partial charge in [0.2, 0.25) is 5.91 Å². The molecular formula is C18H18N2O3S. The number of hydrogen-bond acceptors (Lipinski definition) is 4. The van der Waals surface area contributed by atoms with Crippen LogP contribution in [0.5, 0.6) is 5.75 Å². The second kappa shape index (κ2) is 6.97. The van der Waals surface area contributed by atoms with Crippen LogP contribution in [0.3, 0.4) is 0 Å². The van der Waals surface area contributed by atoms with Crippen molar-refractivity contribution in [3.63, 3.8) is 0 Å². The second-order valence-electron chi connectivity index (χ2n) is 5.47. The van der Waals surface area contributed by atoms with Crippen molar-refractivity contribution >= 4 is 23.6 Å². The molecule has 1 aliphatic heterocycles. The van der Waals surface area contributed by atoms with Crippen LogP contribution in [0.1, 0.15) is 10.4 Å². The minimum absolute atomic E-state index is 0.179. The van der Waals surface area contributed by atoms with Gasteiger partial charge in [0, 0.05) is 11.3 Å². The summed E-state index contributed by atoms with van der Waals surface area (Å²) >= 11 is 1.53. The van der Waals surface area contributed by atoms with E-state index in [0.717, 1.165) is 16.9 Å². The summed E-state index contributed by atoms with van der Waals surface area (Å²) in [4.78, 5) is 26.1. The number of thioether (sulfide) groups is 1. The van der Waals surface area contributed by atoms with Crippen molar-refractivity contribution in [1.82, 2.24) is 4.90 Å². The highest BCUT2D eigenvalue weighted by Gasteiger charge is 2.34. The molecule has 2 aromatic carbocycles. The van der Waals surface area contributed by atoms with E-state index in [1.54, 1.807) is 18.1 Å². The largest absolute Gasteiger partial charge is 0.497 e. The summed E-state index contributed by atoms with van der Waals surface area (Å²) < 4.78 is 5.27.